The first-order chi connectivity index (χ1) is 11.0. The van der Waals surface area contributed by atoms with E-state index in [1.807, 2.05) is 6.07 Å². The van der Waals surface area contributed by atoms with Crippen molar-refractivity contribution in [3.8, 4) is 11.8 Å². The molecule has 0 amide bonds. The Labute approximate surface area is 148 Å². The molecule has 23 heavy (non-hydrogen) atoms. The highest BCUT2D eigenvalue weighted by atomic mass is 35.5. The maximum absolute atomic E-state index is 11.7. The Balaban J connectivity index is 1.85. The van der Waals surface area contributed by atoms with E-state index in [9.17, 15) is 4.79 Å². The second kappa shape index (κ2) is 8.07. The fourth-order valence-electron chi connectivity index (χ4n) is 1.63. The molecular weight excluding hydrogens is 361 g/mol. The van der Waals surface area contributed by atoms with Gasteiger partial charge in [-0.15, -0.1) is 0 Å². The standard InChI is InChI=1S/C16H10Cl3NO3/c17-12-5-14(19)15(6-13(12)18)22-9-16(21)23-8-11-3-1-10(7-20)2-4-11/h1-6H,8-9H2. The van der Waals surface area contributed by atoms with Crippen LogP contribution in [0.1, 0.15) is 11.1 Å². The molecule has 0 N–H and O–H groups in total. The molecule has 0 saturated heterocycles. The van der Waals surface area contributed by atoms with Gasteiger partial charge in [-0.3, -0.25) is 0 Å². The number of benzene rings is 2. The molecular formula is C16H10Cl3NO3. The highest BCUT2D eigenvalue weighted by Gasteiger charge is 2.10. The second-order valence-electron chi connectivity index (χ2n) is 4.45. The van der Waals surface area contributed by atoms with Gasteiger partial charge in [-0.05, 0) is 23.8 Å². The summed E-state index contributed by atoms with van der Waals surface area (Å²) >= 11 is 17.6. The summed E-state index contributed by atoms with van der Waals surface area (Å²) in [5.41, 5.74) is 1.31. The number of hydrogen-bond donors (Lipinski definition) is 0. The Morgan fingerprint density at radius 1 is 1.04 bits per heavy atom. The van der Waals surface area contributed by atoms with E-state index in [-0.39, 0.29) is 29.0 Å². The minimum Gasteiger partial charge on any atom is -0.480 e. The lowest BCUT2D eigenvalue weighted by Crippen LogP contribution is -2.15. The average molecular weight is 371 g/mol. The number of hydrogen-bond acceptors (Lipinski definition) is 4. The number of nitrogens with zero attached hydrogens (tertiary/aromatic N) is 1. The molecule has 0 aromatic heterocycles. The minimum absolute atomic E-state index is 0.0863. The van der Waals surface area contributed by atoms with Crippen LogP contribution in [0.5, 0.6) is 5.75 Å². The first-order valence-corrected chi connectivity index (χ1v) is 7.55. The van der Waals surface area contributed by atoms with Crippen molar-refractivity contribution in [3.05, 3.63) is 62.6 Å². The number of esters is 1. The molecule has 0 aliphatic carbocycles. The Hall–Kier alpha value is -1.93. The molecule has 4 nitrogen and oxygen atoms in total. The van der Waals surface area contributed by atoms with E-state index in [1.54, 1.807) is 24.3 Å². The summed E-state index contributed by atoms with van der Waals surface area (Å²) in [4.78, 5) is 11.7. The van der Waals surface area contributed by atoms with Crippen LogP contribution in [-0.2, 0) is 16.1 Å². The van der Waals surface area contributed by atoms with Crippen LogP contribution in [0.15, 0.2) is 36.4 Å². The zero-order valence-electron chi connectivity index (χ0n) is 11.7. The minimum atomic E-state index is -0.559. The molecule has 0 radical (unpaired) electrons. The Morgan fingerprint density at radius 2 is 1.70 bits per heavy atom. The third-order valence-corrected chi connectivity index (χ3v) is 3.82. The normalized spacial score (nSPS) is 10.0. The van der Waals surface area contributed by atoms with Crippen molar-refractivity contribution in [2.75, 3.05) is 6.61 Å². The molecule has 0 aliphatic heterocycles. The van der Waals surface area contributed by atoms with E-state index >= 15 is 0 Å². The maximum atomic E-state index is 11.7. The zero-order chi connectivity index (χ0) is 16.8. The zero-order valence-corrected chi connectivity index (χ0v) is 14.0. The van der Waals surface area contributed by atoms with Gasteiger partial charge in [0, 0.05) is 6.07 Å². The fourth-order valence-corrected chi connectivity index (χ4v) is 2.22. The highest BCUT2D eigenvalue weighted by molar-refractivity contribution is 6.43. The van der Waals surface area contributed by atoms with E-state index in [0.717, 1.165) is 5.56 Å². The van der Waals surface area contributed by atoms with Crippen molar-refractivity contribution in [1.29, 1.82) is 5.26 Å². The van der Waals surface area contributed by atoms with E-state index in [4.69, 9.17) is 49.5 Å². The second-order valence-corrected chi connectivity index (χ2v) is 5.68. The van der Waals surface area contributed by atoms with Gasteiger partial charge in [-0.2, -0.15) is 5.26 Å². The molecule has 2 aromatic carbocycles. The molecule has 0 aliphatic rings. The molecule has 7 heteroatoms. The van der Waals surface area contributed by atoms with Gasteiger partial charge >= 0.3 is 5.97 Å². The highest BCUT2D eigenvalue weighted by Crippen LogP contribution is 2.33. The van der Waals surface area contributed by atoms with E-state index in [1.165, 1.54) is 12.1 Å². The topological polar surface area (TPSA) is 59.3 Å². The Kier molecular flexibility index (Phi) is 6.12. The molecule has 0 atom stereocenters. The molecule has 0 unspecified atom stereocenters. The number of halogens is 3. The lowest BCUT2D eigenvalue weighted by Gasteiger charge is -2.09. The van der Waals surface area contributed by atoms with Crippen LogP contribution in [0.2, 0.25) is 15.1 Å². The summed E-state index contributed by atoms with van der Waals surface area (Å²) in [7, 11) is 0. The van der Waals surface area contributed by atoms with Gasteiger partial charge in [-0.1, -0.05) is 46.9 Å². The average Bonchev–Trinajstić information content (AvgIpc) is 2.55. The summed E-state index contributed by atoms with van der Waals surface area (Å²) in [5.74, 6) is -0.312. The van der Waals surface area contributed by atoms with Gasteiger partial charge < -0.3 is 9.47 Å². The molecule has 2 aromatic rings. The van der Waals surface area contributed by atoms with Gasteiger partial charge in [-0.25, -0.2) is 4.79 Å². The predicted molar refractivity (Wildman–Crippen MR) is 87.9 cm³/mol. The molecule has 2 rings (SSSR count). The number of nitriles is 1. The largest absolute Gasteiger partial charge is 0.480 e. The summed E-state index contributed by atoms with van der Waals surface area (Å²) < 4.78 is 10.3. The van der Waals surface area contributed by atoms with E-state index < -0.39 is 5.97 Å². The van der Waals surface area contributed by atoms with Crippen molar-refractivity contribution < 1.29 is 14.3 Å². The van der Waals surface area contributed by atoms with Crippen LogP contribution in [0, 0.1) is 11.3 Å². The van der Waals surface area contributed by atoms with Gasteiger partial charge in [0.05, 0.1) is 26.7 Å². The third kappa shape index (κ3) is 5.04. The smallest absolute Gasteiger partial charge is 0.344 e. The van der Waals surface area contributed by atoms with Crippen LogP contribution in [-0.4, -0.2) is 12.6 Å². The lowest BCUT2D eigenvalue weighted by molar-refractivity contribution is -0.147. The first kappa shape index (κ1) is 17.4. The third-order valence-electron chi connectivity index (χ3n) is 2.80. The molecule has 0 saturated carbocycles. The predicted octanol–water partition coefficient (Wildman–Crippen LogP) is 4.64. The van der Waals surface area contributed by atoms with Crippen LogP contribution < -0.4 is 4.74 Å². The molecule has 0 bridgehead atoms. The van der Waals surface area contributed by atoms with Gasteiger partial charge in [0.1, 0.15) is 12.4 Å². The van der Waals surface area contributed by atoms with Crippen molar-refractivity contribution in [3.63, 3.8) is 0 Å². The lowest BCUT2D eigenvalue weighted by atomic mass is 10.2. The molecule has 0 fully saturated rings. The van der Waals surface area contributed by atoms with Crippen molar-refractivity contribution in [1.82, 2.24) is 0 Å². The van der Waals surface area contributed by atoms with E-state index in [0.29, 0.717) is 10.6 Å². The fraction of sp³-hybridized carbons (Fsp3) is 0.125. The quantitative estimate of drug-likeness (QED) is 0.568. The van der Waals surface area contributed by atoms with Crippen molar-refractivity contribution in [2.24, 2.45) is 0 Å². The summed E-state index contributed by atoms with van der Waals surface area (Å²) in [5, 5.41) is 9.53. The van der Waals surface area contributed by atoms with Crippen LogP contribution in [0.25, 0.3) is 0 Å². The van der Waals surface area contributed by atoms with Crippen LogP contribution in [0.3, 0.4) is 0 Å². The monoisotopic (exact) mass is 369 g/mol. The number of carbonyl (C=O) groups is 1. The van der Waals surface area contributed by atoms with Crippen LogP contribution >= 0.6 is 34.8 Å². The molecule has 118 valence electrons. The molecule has 0 heterocycles. The number of rotatable bonds is 5. The van der Waals surface area contributed by atoms with Crippen molar-refractivity contribution in [2.45, 2.75) is 6.61 Å². The van der Waals surface area contributed by atoms with Crippen molar-refractivity contribution >= 4 is 40.8 Å². The van der Waals surface area contributed by atoms with Gasteiger partial charge in [0.25, 0.3) is 0 Å². The van der Waals surface area contributed by atoms with Gasteiger partial charge in [0.15, 0.2) is 6.61 Å². The Morgan fingerprint density at radius 3 is 2.35 bits per heavy atom. The SMILES string of the molecule is N#Cc1ccc(COC(=O)COc2cc(Cl)c(Cl)cc2Cl)cc1. The van der Waals surface area contributed by atoms with Crippen LogP contribution in [0.4, 0.5) is 0 Å². The first-order valence-electron chi connectivity index (χ1n) is 6.41. The summed E-state index contributed by atoms with van der Waals surface area (Å²) in [6.07, 6.45) is 0. The summed E-state index contributed by atoms with van der Waals surface area (Å²) in [6.45, 7) is -0.225. The molecule has 0 spiro atoms. The maximum Gasteiger partial charge on any atom is 0.344 e. The van der Waals surface area contributed by atoms with E-state index in [2.05, 4.69) is 0 Å². The summed E-state index contributed by atoms with van der Waals surface area (Å²) in [6, 6.07) is 11.6. The Bertz CT molecular complexity index is 754. The van der Waals surface area contributed by atoms with Gasteiger partial charge in [0.2, 0.25) is 0 Å². The number of carbonyl (C=O) groups excluding carboxylic acids is 1. The number of ether oxygens (including phenoxy) is 2.